The lowest BCUT2D eigenvalue weighted by molar-refractivity contribution is 0.316. The Morgan fingerprint density at radius 2 is 1.74 bits per heavy atom. The van der Waals surface area contributed by atoms with Gasteiger partial charge >= 0.3 is 0 Å². The van der Waals surface area contributed by atoms with E-state index in [-0.39, 0.29) is 5.82 Å². The zero-order valence-corrected chi connectivity index (χ0v) is 12.3. The molecule has 0 aromatic heterocycles. The quantitative estimate of drug-likeness (QED) is 0.653. The summed E-state index contributed by atoms with van der Waals surface area (Å²) >= 11 is 0. The smallest absolute Gasteiger partial charge is 0.123 e. The van der Waals surface area contributed by atoms with Crippen LogP contribution in [-0.4, -0.2) is 31.6 Å². The van der Waals surface area contributed by atoms with E-state index in [0.29, 0.717) is 0 Å². The zero-order chi connectivity index (χ0) is 13.9. The molecule has 108 valence electrons. The van der Waals surface area contributed by atoms with Crippen LogP contribution in [0.5, 0.6) is 0 Å². The molecule has 0 saturated carbocycles. The van der Waals surface area contributed by atoms with Crippen molar-refractivity contribution in [2.45, 2.75) is 39.2 Å². The van der Waals surface area contributed by atoms with Gasteiger partial charge in [-0.3, -0.25) is 0 Å². The molecule has 0 saturated heterocycles. The highest BCUT2D eigenvalue weighted by atomic mass is 19.1. The number of halogens is 1. The van der Waals surface area contributed by atoms with Crippen molar-refractivity contribution in [3.8, 4) is 0 Å². The molecule has 19 heavy (non-hydrogen) atoms. The van der Waals surface area contributed by atoms with Gasteiger partial charge in [0.15, 0.2) is 0 Å². The molecule has 1 aromatic rings. The Morgan fingerprint density at radius 1 is 1.05 bits per heavy atom. The molecule has 3 heteroatoms. The van der Waals surface area contributed by atoms with E-state index in [0.717, 1.165) is 26.2 Å². The van der Waals surface area contributed by atoms with Gasteiger partial charge in [-0.2, -0.15) is 0 Å². The van der Waals surface area contributed by atoms with Gasteiger partial charge in [0.2, 0.25) is 0 Å². The van der Waals surface area contributed by atoms with Crippen molar-refractivity contribution in [3.05, 3.63) is 35.6 Å². The summed E-state index contributed by atoms with van der Waals surface area (Å²) in [6.45, 7) is 6.36. The van der Waals surface area contributed by atoms with Gasteiger partial charge in [-0.05, 0) is 57.2 Å². The minimum Gasteiger partial charge on any atom is -0.317 e. The number of rotatable bonds is 10. The molecule has 0 amide bonds. The molecule has 0 radical (unpaired) electrons. The van der Waals surface area contributed by atoms with Crippen LogP contribution in [0.1, 0.15) is 38.2 Å². The van der Waals surface area contributed by atoms with Crippen molar-refractivity contribution in [2.24, 2.45) is 0 Å². The van der Waals surface area contributed by atoms with Crippen LogP contribution in [0.2, 0.25) is 0 Å². The van der Waals surface area contributed by atoms with Crippen molar-refractivity contribution >= 4 is 0 Å². The number of hydrogen-bond acceptors (Lipinski definition) is 2. The Morgan fingerprint density at radius 3 is 2.42 bits per heavy atom. The number of nitrogens with zero attached hydrogens (tertiary/aromatic N) is 1. The van der Waals surface area contributed by atoms with Crippen molar-refractivity contribution in [1.82, 2.24) is 10.2 Å². The summed E-state index contributed by atoms with van der Waals surface area (Å²) in [6.07, 6.45) is 5.11. The SMILES string of the molecule is CCNCCCCCCN(C)Cc1ccc(F)cc1. The second-order valence-electron chi connectivity index (χ2n) is 5.13. The van der Waals surface area contributed by atoms with Crippen LogP contribution in [0, 0.1) is 5.82 Å². The van der Waals surface area contributed by atoms with Crippen molar-refractivity contribution < 1.29 is 4.39 Å². The molecule has 0 unspecified atom stereocenters. The summed E-state index contributed by atoms with van der Waals surface area (Å²) in [5.74, 6) is -0.160. The molecule has 1 aromatic carbocycles. The fourth-order valence-corrected chi connectivity index (χ4v) is 2.14. The van der Waals surface area contributed by atoms with Crippen LogP contribution in [0.4, 0.5) is 4.39 Å². The molecule has 0 fully saturated rings. The standard InChI is InChI=1S/C16H27FN2/c1-3-18-12-6-4-5-7-13-19(2)14-15-8-10-16(17)11-9-15/h8-11,18H,3-7,12-14H2,1-2H3. The third-order valence-electron chi connectivity index (χ3n) is 3.26. The molecule has 1 rings (SSSR count). The molecule has 0 atom stereocenters. The van der Waals surface area contributed by atoms with Crippen LogP contribution in [0.15, 0.2) is 24.3 Å². The van der Waals surface area contributed by atoms with E-state index in [2.05, 4.69) is 24.2 Å². The van der Waals surface area contributed by atoms with Crippen molar-refractivity contribution in [2.75, 3.05) is 26.7 Å². The Labute approximate surface area is 117 Å². The number of nitrogens with one attached hydrogen (secondary N) is 1. The van der Waals surface area contributed by atoms with Crippen LogP contribution in [0.3, 0.4) is 0 Å². The minimum atomic E-state index is -0.160. The maximum Gasteiger partial charge on any atom is 0.123 e. The van der Waals surface area contributed by atoms with Gasteiger partial charge in [-0.15, -0.1) is 0 Å². The molecule has 1 N–H and O–H groups in total. The van der Waals surface area contributed by atoms with E-state index in [1.807, 2.05) is 12.1 Å². The summed E-state index contributed by atoms with van der Waals surface area (Å²) in [7, 11) is 2.13. The first-order chi connectivity index (χ1) is 9.22. The van der Waals surface area contributed by atoms with Gasteiger partial charge in [0.25, 0.3) is 0 Å². The van der Waals surface area contributed by atoms with E-state index in [9.17, 15) is 4.39 Å². The molecule has 2 nitrogen and oxygen atoms in total. The van der Waals surface area contributed by atoms with Gasteiger partial charge in [-0.25, -0.2) is 4.39 Å². The normalized spacial score (nSPS) is 11.2. The summed E-state index contributed by atoms with van der Waals surface area (Å²) in [5, 5.41) is 3.34. The molecule has 0 aliphatic rings. The van der Waals surface area contributed by atoms with E-state index in [1.165, 1.54) is 43.4 Å². The summed E-state index contributed by atoms with van der Waals surface area (Å²) in [4.78, 5) is 2.30. The van der Waals surface area contributed by atoms with E-state index >= 15 is 0 Å². The average Bonchev–Trinajstić information content (AvgIpc) is 2.40. The van der Waals surface area contributed by atoms with Gasteiger partial charge in [0.1, 0.15) is 5.82 Å². The lowest BCUT2D eigenvalue weighted by Crippen LogP contribution is -2.19. The first-order valence-electron chi connectivity index (χ1n) is 7.36. The van der Waals surface area contributed by atoms with Gasteiger partial charge in [0, 0.05) is 6.54 Å². The third-order valence-corrected chi connectivity index (χ3v) is 3.26. The number of benzene rings is 1. The molecule has 0 aliphatic heterocycles. The average molecular weight is 266 g/mol. The zero-order valence-electron chi connectivity index (χ0n) is 12.3. The van der Waals surface area contributed by atoms with E-state index in [1.54, 1.807) is 0 Å². The molecular formula is C16H27FN2. The van der Waals surface area contributed by atoms with Crippen molar-refractivity contribution in [3.63, 3.8) is 0 Å². The minimum absolute atomic E-state index is 0.160. The summed E-state index contributed by atoms with van der Waals surface area (Å²) in [5.41, 5.74) is 1.18. The van der Waals surface area contributed by atoms with Crippen LogP contribution >= 0.6 is 0 Å². The van der Waals surface area contributed by atoms with Crippen LogP contribution in [0.25, 0.3) is 0 Å². The van der Waals surface area contributed by atoms with E-state index < -0.39 is 0 Å². The number of unbranched alkanes of at least 4 members (excludes halogenated alkanes) is 3. The fourth-order valence-electron chi connectivity index (χ4n) is 2.14. The molecule has 0 aliphatic carbocycles. The van der Waals surface area contributed by atoms with E-state index in [4.69, 9.17) is 0 Å². The lowest BCUT2D eigenvalue weighted by Gasteiger charge is -2.16. The van der Waals surface area contributed by atoms with Gasteiger partial charge < -0.3 is 10.2 Å². The Balaban J connectivity index is 2.04. The third kappa shape index (κ3) is 7.96. The molecular weight excluding hydrogens is 239 g/mol. The largest absolute Gasteiger partial charge is 0.317 e. The maximum absolute atomic E-state index is 12.8. The lowest BCUT2D eigenvalue weighted by atomic mass is 10.1. The topological polar surface area (TPSA) is 15.3 Å². The van der Waals surface area contributed by atoms with Crippen LogP contribution in [-0.2, 0) is 6.54 Å². The first kappa shape index (κ1) is 16.1. The predicted octanol–water partition coefficient (Wildman–Crippen LogP) is 3.43. The Kier molecular flexibility index (Phi) is 8.43. The monoisotopic (exact) mass is 266 g/mol. The number of hydrogen-bond donors (Lipinski definition) is 1. The maximum atomic E-state index is 12.8. The Bertz CT molecular complexity index is 324. The van der Waals surface area contributed by atoms with Gasteiger partial charge in [0.05, 0.1) is 0 Å². The second-order valence-corrected chi connectivity index (χ2v) is 5.13. The van der Waals surface area contributed by atoms with Crippen LogP contribution < -0.4 is 5.32 Å². The molecule has 0 heterocycles. The highest BCUT2D eigenvalue weighted by Crippen LogP contribution is 2.07. The first-order valence-corrected chi connectivity index (χ1v) is 7.36. The van der Waals surface area contributed by atoms with Gasteiger partial charge in [-0.1, -0.05) is 31.9 Å². The Hall–Kier alpha value is -0.930. The molecule has 0 bridgehead atoms. The highest BCUT2D eigenvalue weighted by molar-refractivity contribution is 5.15. The molecule has 0 spiro atoms. The summed E-state index contributed by atoms with van der Waals surface area (Å²) in [6, 6.07) is 6.79. The second kappa shape index (κ2) is 9.93. The van der Waals surface area contributed by atoms with Crippen molar-refractivity contribution in [1.29, 1.82) is 0 Å². The highest BCUT2D eigenvalue weighted by Gasteiger charge is 2.00. The fraction of sp³-hybridized carbons (Fsp3) is 0.625. The predicted molar refractivity (Wildman–Crippen MR) is 79.7 cm³/mol. The summed E-state index contributed by atoms with van der Waals surface area (Å²) < 4.78 is 12.8.